The molecule has 0 aromatic heterocycles. The summed E-state index contributed by atoms with van der Waals surface area (Å²) in [5.41, 5.74) is 2.70. The van der Waals surface area contributed by atoms with Gasteiger partial charge in [-0.1, -0.05) is 57.5 Å². The summed E-state index contributed by atoms with van der Waals surface area (Å²) in [7, 11) is 0. The average Bonchev–Trinajstić information content (AvgIpc) is 2.88. The van der Waals surface area contributed by atoms with Crippen molar-refractivity contribution in [3.63, 3.8) is 0 Å². The number of benzene rings is 1. The Hall–Kier alpha value is -1.35. The molecule has 0 bridgehead atoms. The van der Waals surface area contributed by atoms with Crippen molar-refractivity contribution in [1.29, 1.82) is 0 Å². The molecule has 1 aromatic carbocycles. The van der Waals surface area contributed by atoms with Gasteiger partial charge in [-0.05, 0) is 30.2 Å². The number of aryl methyl sites for hydroxylation is 1. The lowest BCUT2D eigenvalue weighted by Crippen LogP contribution is -2.36. The summed E-state index contributed by atoms with van der Waals surface area (Å²) in [6.45, 7) is 10.8. The van der Waals surface area contributed by atoms with Crippen molar-refractivity contribution < 1.29 is 4.79 Å². The van der Waals surface area contributed by atoms with Crippen LogP contribution in [0.4, 0.5) is 0 Å². The molecule has 2 fully saturated rings. The van der Waals surface area contributed by atoms with Gasteiger partial charge in [0, 0.05) is 6.04 Å². The summed E-state index contributed by atoms with van der Waals surface area (Å²) in [5.74, 6) is 0.587. The third-order valence-electron chi connectivity index (χ3n) is 4.99. The van der Waals surface area contributed by atoms with Gasteiger partial charge in [0.05, 0.1) is 6.04 Å². The zero-order valence-corrected chi connectivity index (χ0v) is 13.7. The van der Waals surface area contributed by atoms with Crippen molar-refractivity contribution in [3.8, 4) is 0 Å². The van der Waals surface area contributed by atoms with E-state index in [9.17, 15) is 4.79 Å². The first-order valence-electron chi connectivity index (χ1n) is 7.96. The SMILES string of the molecule is Cc1ccc(C2NC(C(C)C)C(=O)N2C2CC2(C)C)cc1. The van der Waals surface area contributed by atoms with Crippen LogP contribution in [0.2, 0.25) is 0 Å². The topological polar surface area (TPSA) is 32.3 Å². The molecule has 1 saturated carbocycles. The van der Waals surface area contributed by atoms with E-state index in [0.29, 0.717) is 12.0 Å². The minimum atomic E-state index is -0.0623. The van der Waals surface area contributed by atoms with Gasteiger partial charge >= 0.3 is 0 Å². The van der Waals surface area contributed by atoms with Crippen LogP contribution >= 0.6 is 0 Å². The van der Waals surface area contributed by atoms with E-state index in [0.717, 1.165) is 6.42 Å². The smallest absolute Gasteiger partial charge is 0.241 e. The molecule has 0 radical (unpaired) electrons. The maximum atomic E-state index is 12.8. The zero-order valence-electron chi connectivity index (χ0n) is 13.7. The molecule has 1 saturated heterocycles. The number of hydrogen-bond donors (Lipinski definition) is 1. The summed E-state index contributed by atoms with van der Waals surface area (Å²) >= 11 is 0. The lowest BCUT2D eigenvalue weighted by Gasteiger charge is -2.26. The van der Waals surface area contributed by atoms with Gasteiger partial charge in [-0.3, -0.25) is 10.1 Å². The molecule has 1 N–H and O–H groups in total. The predicted octanol–water partition coefficient (Wildman–Crippen LogP) is 3.25. The Kier molecular flexibility index (Phi) is 3.36. The molecule has 0 spiro atoms. The van der Waals surface area contributed by atoms with Crippen LogP contribution in [0.15, 0.2) is 24.3 Å². The van der Waals surface area contributed by atoms with Crippen LogP contribution in [-0.4, -0.2) is 22.9 Å². The highest BCUT2D eigenvalue weighted by Gasteiger charge is 2.56. The molecule has 1 aliphatic heterocycles. The van der Waals surface area contributed by atoms with Gasteiger partial charge < -0.3 is 4.90 Å². The molecule has 3 atom stereocenters. The van der Waals surface area contributed by atoms with Gasteiger partial charge in [-0.2, -0.15) is 0 Å². The minimum Gasteiger partial charge on any atom is -0.318 e. The van der Waals surface area contributed by atoms with E-state index in [1.54, 1.807) is 0 Å². The highest BCUT2D eigenvalue weighted by Crippen LogP contribution is 2.52. The third-order valence-corrected chi connectivity index (χ3v) is 4.99. The van der Waals surface area contributed by atoms with Crippen LogP contribution in [0.5, 0.6) is 0 Å². The second-order valence-corrected chi connectivity index (χ2v) is 7.66. The molecule has 3 rings (SSSR count). The monoisotopic (exact) mass is 286 g/mol. The van der Waals surface area contributed by atoms with Crippen LogP contribution < -0.4 is 5.32 Å². The lowest BCUT2D eigenvalue weighted by molar-refractivity contribution is -0.131. The molecular formula is C18H26N2O. The molecule has 3 heteroatoms. The Labute approximate surface area is 127 Å². The van der Waals surface area contributed by atoms with Gasteiger partial charge in [0.15, 0.2) is 0 Å². The average molecular weight is 286 g/mol. The van der Waals surface area contributed by atoms with Crippen molar-refractivity contribution in [2.24, 2.45) is 11.3 Å². The van der Waals surface area contributed by atoms with Gasteiger partial charge in [0.25, 0.3) is 0 Å². The van der Waals surface area contributed by atoms with Crippen LogP contribution in [0.3, 0.4) is 0 Å². The number of nitrogens with one attached hydrogen (secondary N) is 1. The predicted molar refractivity (Wildman–Crippen MR) is 84.7 cm³/mol. The Morgan fingerprint density at radius 1 is 1.24 bits per heavy atom. The fraction of sp³-hybridized carbons (Fsp3) is 0.611. The molecule has 1 aliphatic carbocycles. The molecule has 1 aromatic rings. The first-order chi connectivity index (χ1) is 9.81. The molecule has 1 amide bonds. The summed E-state index contributed by atoms with van der Waals surface area (Å²) in [6, 6.07) is 8.85. The second-order valence-electron chi connectivity index (χ2n) is 7.66. The van der Waals surface area contributed by atoms with Crippen molar-refractivity contribution in [2.45, 2.75) is 59.3 Å². The molecule has 3 nitrogen and oxygen atoms in total. The maximum absolute atomic E-state index is 12.8. The van der Waals surface area contributed by atoms with Gasteiger partial charge in [0.1, 0.15) is 6.17 Å². The molecule has 114 valence electrons. The number of amides is 1. The Balaban J connectivity index is 1.93. The summed E-state index contributed by atoms with van der Waals surface area (Å²) < 4.78 is 0. The standard InChI is InChI=1S/C18H26N2O/c1-11(2)15-17(21)20(14-10-18(14,4)5)16(19-15)13-8-6-12(3)7-9-13/h6-9,11,14-16,19H,10H2,1-5H3. The van der Waals surface area contributed by atoms with Crippen molar-refractivity contribution in [3.05, 3.63) is 35.4 Å². The molecule has 3 unspecified atom stereocenters. The maximum Gasteiger partial charge on any atom is 0.241 e. The van der Waals surface area contributed by atoms with Gasteiger partial charge in [-0.25, -0.2) is 0 Å². The third kappa shape index (κ3) is 2.48. The van der Waals surface area contributed by atoms with Crippen LogP contribution in [0.25, 0.3) is 0 Å². The van der Waals surface area contributed by atoms with E-state index in [2.05, 4.69) is 69.1 Å². The Morgan fingerprint density at radius 2 is 1.81 bits per heavy atom. The van der Waals surface area contributed by atoms with Crippen LogP contribution in [-0.2, 0) is 4.79 Å². The zero-order chi connectivity index (χ0) is 15.4. The molecule has 21 heavy (non-hydrogen) atoms. The highest BCUT2D eigenvalue weighted by atomic mass is 16.2. The van der Waals surface area contributed by atoms with E-state index in [1.807, 2.05) is 0 Å². The number of carbonyl (C=O) groups excluding carboxylic acids is 1. The first kappa shape index (κ1) is 14.6. The fourth-order valence-electron chi connectivity index (χ4n) is 3.34. The summed E-state index contributed by atoms with van der Waals surface area (Å²) in [6.07, 6.45) is 1.13. The lowest BCUT2D eigenvalue weighted by atomic mass is 10.0. The molecular weight excluding hydrogens is 260 g/mol. The van der Waals surface area contributed by atoms with Gasteiger partial charge in [-0.15, -0.1) is 0 Å². The fourth-order valence-corrected chi connectivity index (χ4v) is 3.34. The van der Waals surface area contributed by atoms with E-state index in [-0.39, 0.29) is 23.5 Å². The van der Waals surface area contributed by atoms with Crippen LogP contribution in [0.1, 0.15) is 51.4 Å². The normalized spacial score (nSPS) is 31.0. The Bertz CT molecular complexity index is 547. The van der Waals surface area contributed by atoms with Crippen molar-refractivity contribution in [2.75, 3.05) is 0 Å². The van der Waals surface area contributed by atoms with Crippen LogP contribution in [0, 0.1) is 18.3 Å². The Morgan fingerprint density at radius 3 is 2.29 bits per heavy atom. The van der Waals surface area contributed by atoms with Gasteiger partial charge in [0.2, 0.25) is 5.91 Å². The first-order valence-corrected chi connectivity index (χ1v) is 7.96. The van der Waals surface area contributed by atoms with Crippen molar-refractivity contribution >= 4 is 5.91 Å². The van der Waals surface area contributed by atoms with E-state index >= 15 is 0 Å². The van der Waals surface area contributed by atoms with E-state index in [4.69, 9.17) is 0 Å². The number of hydrogen-bond acceptors (Lipinski definition) is 2. The quantitative estimate of drug-likeness (QED) is 0.925. The minimum absolute atomic E-state index is 0.0253. The van der Waals surface area contributed by atoms with E-state index < -0.39 is 0 Å². The van der Waals surface area contributed by atoms with Crippen molar-refractivity contribution in [1.82, 2.24) is 10.2 Å². The molecule has 2 aliphatic rings. The summed E-state index contributed by atoms with van der Waals surface area (Å²) in [4.78, 5) is 14.9. The number of nitrogens with zero attached hydrogens (tertiary/aromatic N) is 1. The largest absolute Gasteiger partial charge is 0.318 e. The molecule has 1 heterocycles. The number of rotatable bonds is 3. The van der Waals surface area contributed by atoms with E-state index in [1.165, 1.54) is 11.1 Å². The summed E-state index contributed by atoms with van der Waals surface area (Å²) in [5, 5.41) is 3.56. The highest BCUT2D eigenvalue weighted by molar-refractivity contribution is 5.85. The second kappa shape index (κ2) is 4.84. The number of carbonyl (C=O) groups is 1.